The quantitative estimate of drug-likeness (QED) is 0.253. The van der Waals surface area contributed by atoms with E-state index in [1.807, 2.05) is 0 Å². The number of aromatic nitrogens is 1. The molecule has 0 aliphatic heterocycles. The molecule has 0 spiro atoms. The van der Waals surface area contributed by atoms with Crippen LogP contribution in [0, 0.1) is 0 Å². The van der Waals surface area contributed by atoms with Gasteiger partial charge in [0.25, 0.3) is 0 Å². The van der Waals surface area contributed by atoms with Crippen molar-refractivity contribution in [3.8, 4) is 11.3 Å². The summed E-state index contributed by atoms with van der Waals surface area (Å²) in [5, 5.41) is 9.72. The van der Waals surface area contributed by atoms with E-state index in [4.69, 9.17) is 4.98 Å². The van der Waals surface area contributed by atoms with E-state index in [1.54, 1.807) is 11.3 Å². The Hall–Kier alpha value is -3.43. The van der Waals surface area contributed by atoms with Gasteiger partial charge in [-0.3, -0.25) is 0 Å². The van der Waals surface area contributed by atoms with E-state index in [0.717, 1.165) is 10.7 Å². The van der Waals surface area contributed by atoms with E-state index in [9.17, 15) is 0 Å². The van der Waals surface area contributed by atoms with E-state index in [2.05, 4.69) is 129 Å². The topological polar surface area (TPSA) is 24.9 Å². The fourth-order valence-corrected chi connectivity index (χ4v) is 5.68. The van der Waals surface area contributed by atoms with Crippen molar-refractivity contribution in [2.45, 2.75) is 45.6 Å². The number of nitrogens with one attached hydrogen (secondary N) is 1. The molecule has 5 aromatic rings. The Morgan fingerprint density at radius 2 is 1.31 bits per heavy atom. The lowest BCUT2D eigenvalue weighted by atomic mass is 9.92. The molecule has 4 aromatic carbocycles. The molecule has 0 aliphatic carbocycles. The molecule has 0 radical (unpaired) electrons. The summed E-state index contributed by atoms with van der Waals surface area (Å²) in [5.74, 6) is 0.852. The molecular formula is C32H32N2S. The summed E-state index contributed by atoms with van der Waals surface area (Å²) in [6, 6.07) is 32.4. The van der Waals surface area contributed by atoms with Gasteiger partial charge in [-0.15, -0.1) is 11.3 Å². The predicted octanol–water partition coefficient (Wildman–Crippen LogP) is 9.41. The Labute approximate surface area is 212 Å². The van der Waals surface area contributed by atoms with Gasteiger partial charge >= 0.3 is 0 Å². The van der Waals surface area contributed by atoms with Gasteiger partial charge < -0.3 is 5.32 Å². The van der Waals surface area contributed by atoms with Gasteiger partial charge in [0.15, 0.2) is 0 Å². The van der Waals surface area contributed by atoms with Crippen molar-refractivity contribution >= 4 is 27.8 Å². The Kier molecular flexibility index (Phi) is 6.70. The van der Waals surface area contributed by atoms with E-state index in [1.165, 1.54) is 38.7 Å². The third-order valence-electron chi connectivity index (χ3n) is 6.63. The van der Waals surface area contributed by atoms with Crippen LogP contribution < -0.4 is 5.32 Å². The fraction of sp³-hybridized carbons (Fsp3) is 0.219. The second kappa shape index (κ2) is 10.1. The van der Waals surface area contributed by atoms with Crippen LogP contribution in [0.25, 0.3) is 22.0 Å². The standard InChI is InChI=1S/C32H32N2S/c1-21(2)25-17-11-18-26(22(3)4)31(25)34-30(24-13-6-5-7-14-24)32-33-29(20-35-32)28-19-10-15-23-12-8-9-16-27(23)28/h5-22,30,34H,1-4H3. The zero-order valence-corrected chi connectivity index (χ0v) is 21.6. The predicted molar refractivity (Wildman–Crippen MR) is 152 cm³/mol. The number of para-hydroxylation sites is 1. The highest BCUT2D eigenvalue weighted by molar-refractivity contribution is 7.10. The molecule has 1 atom stereocenters. The molecule has 3 heteroatoms. The van der Waals surface area contributed by atoms with Gasteiger partial charge in [0, 0.05) is 16.6 Å². The molecule has 0 saturated heterocycles. The third kappa shape index (κ3) is 4.74. The van der Waals surface area contributed by atoms with Crippen LogP contribution in [-0.4, -0.2) is 4.98 Å². The lowest BCUT2D eigenvalue weighted by molar-refractivity contribution is 0.820. The monoisotopic (exact) mass is 476 g/mol. The first-order valence-corrected chi connectivity index (χ1v) is 13.3. The first kappa shape index (κ1) is 23.3. The van der Waals surface area contributed by atoms with Gasteiger partial charge in [-0.2, -0.15) is 0 Å². The fourth-order valence-electron chi connectivity index (χ4n) is 4.79. The molecule has 5 rings (SSSR count). The van der Waals surface area contributed by atoms with Gasteiger partial charge in [-0.25, -0.2) is 4.98 Å². The van der Waals surface area contributed by atoms with E-state index in [-0.39, 0.29) is 6.04 Å². The van der Waals surface area contributed by atoms with Crippen molar-refractivity contribution in [3.63, 3.8) is 0 Å². The maximum absolute atomic E-state index is 5.21. The molecule has 0 bridgehead atoms. The van der Waals surface area contributed by atoms with Crippen molar-refractivity contribution in [1.29, 1.82) is 0 Å². The highest BCUT2D eigenvalue weighted by atomic mass is 32.1. The minimum Gasteiger partial charge on any atom is -0.372 e. The minimum atomic E-state index is -0.0256. The minimum absolute atomic E-state index is 0.0256. The average Bonchev–Trinajstić information content (AvgIpc) is 3.37. The van der Waals surface area contributed by atoms with Crippen LogP contribution in [0.4, 0.5) is 5.69 Å². The first-order valence-electron chi connectivity index (χ1n) is 12.4. The normalized spacial score (nSPS) is 12.4. The lowest BCUT2D eigenvalue weighted by Gasteiger charge is -2.26. The molecule has 35 heavy (non-hydrogen) atoms. The van der Waals surface area contributed by atoms with Crippen molar-refractivity contribution in [2.24, 2.45) is 0 Å². The Balaban J connectivity index is 1.61. The molecular weight excluding hydrogens is 444 g/mol. The van der Waals surface area contributed by atoms with Gasteiger partial charge in [0.05, 0.1) is 5.69 Å². The smallest absolute Gasteiger partial charge is 0.120 e. The molecule has 0 fully saturated rings. The van der Waals surface area contributed by atoms with Crippen LogP contribution in [0.5, 0.6) is 0 Å². The SMILES string of the molecule is CC(C)c1cccc(C(C)C)c1NC(c1ccccc1)c1nc(-c2cccc3ccccc23)cs1. The number of thiazole rings is 1. The molecule has 0 saturated carbocycles. The summed E-state index contributed by atoms with van der Waals surface area (Å²) in [5.41, 5.74) is 7.38. The Morgan fingerprint density at radius 3 is 2.03 bits per heavy atom. The molecule has 2 nitrogen and oxygen atoms in total. The van der Waals surface area contributed by atoms with E-state index in [0.29, 0.717) is 11.8 Å². The van der Waals surface area contributed by atoms with Gasteiger partial charge in [0.2, 0.25) is 0 Å². The lowest BCUT2D eigenvalue weighted by Crippen LogP contribution is -2.16. The first-order chi connectivity index (χ1) is 17.0. The van der Waals surface area contributed by atoms with Crippen LogP contribution in [-0.2, 0) is 0 Å². The van der Waals surface area contributed by atoms with Crippen LogP contribution in [0.1, 0.15) is 67.3 Å². The molecule has 1 N–H and O–H groups in total. The average molecular weight is 477 g/mol. The maximum Gasteiger partial charge on any atom is 0.120 e. The van der Waals surface area contributed by atoms with Gasteiger partial charge in [0.1, 0.15) is 11.0 Å². The summed E-state index contributed by atoms with van der Waals surface area (Å²) in [6.07, 6.45) is 0. The van der Waals surface area contributed by atoms with Crippen LogP contribution >= 0.6 is 11.3 Å². The highest BCUT2D eigenvalue weighted by Gasteiger charge is 2.23. The summed E-state index contributed by atoms with van der Waals surface area (Å²) in [4.78, 5) is 5.21. The van der Waals surface area contributed by atoms with Gasteiger partial charge in [-0.1, -0.05) is 119 Å². The maximum atomic E-state index is 5.21. The second-order valence-corrected chi connectivity index (χ2v) is 10.6. The number of hydrogen-bond acceptors (Lipinski definition) is 3. The number of nitrogens with zero attached hydrogens (tertiary/aromatic N) is 1. The molecule has 0 amide bonds. The molecule has 176 valence electrons. The Bertz CT molecular complexity index is 1400. The summed E-state index contributed by atoms with van der Waals surface area (Å²) in [6.45, 7) is 9.07. The zero-order chi connectivity index (χ0) is 24.4. The van der Waals surface area contributed by atoms with Crippen molar-refractivity contribution in [2.75, 3.05) is 5.32 Å². The van der Waals surface area contributed by atoms with E-state index >= 15 is 0 Å². The number of anilines is 1. The Morgan fingerprint density at radius 1 is 0.686 bits per heavy atom. The third-order valence-corrected chi connectivity index (χ3v) is 7.54. The number of fused-ring (bicyclic) bond motifs is 1. The zero-order valence-electron chi connectivity index (χ0n) is 20.8. The second-order valence-electron chi connectivity index (χ2n) is 9.71. The molecule has 1 unspecified atom stereocenters. The molecule has 0 aliphatic rings. The van der Waals surface area contributed by atoms with E-state index < -0.39 is 0 Å². The number of rotatable bonds is 7. The number of benzene rings is 4. The molecule has 1 aromatic heterocycles. The van der Waals surface area contributed by atoms with Gasteiger partial charge in [-0.05, 0) is 39.3 Å². The number of hydrogen-bond donors (Lipinski definition) is 1. The van der Waals surface area contributed by atoms with Crippen LogP contribution in [0.2, 0.25) is 0 Å². The summed E-state index contributed by atoms with van der Waals surface area (Å²) >= 11 is 1.73. The highest BCUT2D eigenvalue weighted by Crippen LogP contribution is 2.39. The largest absolute Gasteiger partial charge is 0.372 e. The molecule has 1 heterocycles. The van der Waals surface area contributed by atoms with Crippen molar-refractivity contribution < 1.29 is 0 Å². The van der Waals surface area contributed by atoms with Crippen LogP contribution in [0.3, 0.4) is 0 Å². The van der Waals surface area contributed by atoms with Crippen LogP contribution in [0.15, 0.2) is 96.4 Å². The summed E-state index contributed by atoms with van der Waals surface area (Å²) < 4.78 is 0. The summed E-state index contributed by atoms with van der Waals surface area (Å²) in [7, 11) is 0. The van der Waals surface area contributed by atoms with Crippen molar-refractivity contribution in [3.05, 3.63) is 118 Å². The van der Waals surface area contributed by atoms with Crippen molar-refractivity contribution in [1.82, 2.24) is 4.98 Å².